The van der Waals surface area contributed by atoms with Crippen molar-refractivity contribution in [2.45, 2.75) is 31.0 Å². The van der Waals surface area contributed by atoms with E-state index in [9.17, 15) is 48.9 Å². The number of hydrogen-bond acceptors (Lipinski definition) is 14. The third kappa shape index (κ3) is 14.2. The van der Waals surface area contributed by atoms with Crippen LogP contribution in [0, 0.1) is 0 Å². The smallest absolute Gasteiger partial charge is 0.320 e. The molecule has 1 saturated carbocycles. The lowest BCUT2D eigenvalue weighted by atomic mass is 9.83. The average molecular weight is 659 g/mol. The van der Waals surface area contributed by atoms with Gasteiger partial charge in [-0.05, 0) is 19.4 Å². The molecule has 1 amide bonds. The Balaban J connectivity index is 1.89. The van der Waals surface area contributed by atoms with Crippen LogP contribution in [0.5, 0.6) is 0 Å². The Labute approximate surface area is 266 Å². The first-order valence-corrected chi connectivity index (χ1v) is 15.1. The largest absolute Gasteiger partial charge is 0.480 e. The number of carboxylic acids is 4. The summed E-state index contributed by atoms with van der Waals surface area (Å²) in [6.45, 7) is 1.93. The standard InChI is InChI=1S/C27H46N8O11/c28-18(27(45)46)2-1-3-30-23-24(26(44)25(23)43)31-5-4-29-19(36)14-32-6-8-33(15-20(37)38)10-12-35(17-22(41)42)13-11-34(9-7-32)16-21(39)40/h18,23-24,30-31H,1-17,28H2,(H,29,36)(H,37,38)(H,39,40)(H,41,42)(H,45,46)/t18-,23?,24?/m0/s1. The number of nitrogens with one attached hydrogen (secondary N) is 3. The van der Waals surface area contributed by atoms with Crippen molar-refractivity contribution in [2.24, 2.45) is 5.73 Å². The molecule has 260 valence electrons. The monoisotopic (exact) mass is 658 g/mol. The number of nitrogens with zero attached hydrogens (tertiary/aromatic N) is 4. The van der Waals surface area contributed by atoms with Crippen LogP contribution in [0.4, 0.5) is 0 Å². The maximum Gasteiger partial charge on any atom is 0.320 e. The van der Waals surface area contributed by atoms with Gasteiger partial charge in [-0.15, -0.1) is 0 Å². The molecular weight excluding hydrogens is 612 g/mol. The molecule has 0 radical (unpaired) electrons. The minimum absolute atomic E-state index is 0.0591. The van der Waals surface area contributed by atoms with Crippen molar-refractivity contribution in [2.75, 3.05) is 98.2 Å². The molecule has 2 aliphatic rings. The Hall–Kier alpha value is -3.59. The summed E-state index contributed by atoms with van der Waals surface area (Å²) in [6, 6.07) is -2.55. The molecule has 1 saturated heterocycles. The van der Waals surface area contributed by atoms with E-state index in [1.807, 2.05) is 0 Å². The van der Waals surface area contributed by atoms with Gasteiger partial charge in [0.1, 0.15) is 6.04 Å². The van der Waals surface area contributed by atoms with Crippen LogP contribution in [0.3, 0.4) is 0 Å². The minimum atomic E-state index is -1.12. The average Bonchev–Trinajstić information content (AvgIpc) is 2.97. The lowest BCUT2D eigenvalue weighted by Crippen LogP contribution is -2.70. The Kier molecular flexibility index (Phi) is 16.6. The summed E-state index contributed by atoms with van der Waals surface area (Å²) in [5.74, 6) is -5.78. The topological polar surface area (TPSA) is 275 Å². The van der Waals surface area contributed by atoms with Gasteiger partial charge in [-0.25, -0.2) is 0 Å². The van der Waals surface area contributed by atoms with E-state index in [4.69, 9.17) is 10.8 Å². The molecule has 0 aromatic rings. The molecule has 1 aliphatic carbocycles. The van der Waals surface area contributed by atoms with Crippen LogP contribution in [0.1, 0.15) is 12.8 Å². The van der Waals surface area contributed by atoms with Gasteiger partial charge in [0.2, 0.25) is 17.5 Å². The Morgan fingerprint density at radius 2 is 1.00 bits per heavy atom. The van der Waals surface area contributed by atoms with E-state index in [1.165, 1.54) is 0 Å². The van der Waals surface area contributed by atoms with Gasteiger partial charge >= 0.3 is 23.9 Å². The molecule has 3 atom stereocenters. The highest BCUT2D eigenvalue weighted by atomic mass is 16.4. The number of amides is 1. The van der Waals surface area contributed by atoms with Crippen LogP contribution in [-0.2, 0) is 33.6 Å². The van der Waals surface area contributed by atoms with E-state index >= 15 is 0 Å². The summed E-state index contributed by atoms with van der Waals surface area (Å²) in [7, 11) is 0. The lowest BCUT2D eigenvalue weighted by Gasteiger charge is -2.34. The van der Waals surface area contributed by atoms with Crippen molar-refractivity contribution in [1.29, 1.82) is 0 Å². The Bertz CT molecular complexity index is 1060. The third-order valence-corrected chi connectivity index (χ3v) is 7.70. The van der Waals surface area contributed by atoms with Crippen molar-refractivity contribution in [1.82, 2.24) is 35.6 Å². The second-order valence-corrected chi connectivity index (χ2v) is 11.3. The van der Waals surface area contributed by atoms with Crippen LogP contribution in [-0.4, -0.2) is 198 Å². The fourth-order valence-electron chi connectivity index (χ4n) is 5.11. The highest BCUT2D eigenvalue weighted by Gasteiger charge is 2.48. The van der Waals surface area contributed by atoms with Crippen molar-refractivity contribution in [3.05, 3.63) is 0 Å². The number of carboxylic acid groups (broad SMARTS) is 4. The fourth-order valence-corrected chi connectivity index (χ4v) is 5.11. The summed E-state index contributed by atoms with van der Waals surface area (Å²) in [4.78, 5) is 88.6. The van der Waals surface area contributed by atoms with Gasteiger partial charge in [0.25, 0.3) is 0 Å². The van der Waals surface area contributed by atoms with Crippen molar-refractivity contribution in [3.63, 3.8) is 0 Å². The molecule has 2 rings (SSSR count). The van der Waals surface area contributed by atoms with E-state index < -0.39 is 53.6 Å². The Morgan fingerprint density at radius 1 is 0.630 bits per heavy atom. The fraction of sp³-hybridized carbons (Fsp3) is 0.741. The van der Waals surface area contributed by atoms with Crippen molar-refractivity contribution in [3.8, 4) is 0 Å². The van der Waals surface area contributed by atoms with Crippen LogP contribution < -0.4 is 21.7 Å². The van der Waals surface area contributed by atoms with Gasteiger partial charge in [0.05, 0.1) is 38.3 Å². The molecule has 2 fully saturated rings. The van der Waals surface area contributed by atoms with E-state index in [1.54, 1.807) is 19.6 Å². The van der Waals surface area contributed by atoms with Crippen LogP contribution in [0.25, 0.3) is 0 Å². The molecule has 19 heteroatoms. The van der Waals surface area contributed by atoms with Gasteiger partial charge < -0.3 is 42.1 Å². The second kappa shape index (κ2) is 19.8. The number of hydrogen-bond donors (Lipinski definition) is 8. The van der Waals surface area contributed by atoms with E-state index in [0.29, 0.717) is 26.1 Å². The number of Topliss-reactive ketones (excluding diaryl/α,β-unsaturated/α-hetero) is 2. The maximum absolute atomic E-state index is 12.8. The molecule has 46 heavy (non-hydrogen) atoms. The van der Waals surface area contributed by atoms with Gasteiger partial charge in [-0.2, -0.15) is 0 Å². The Morgan fingerprint density at radius 3 is 1.37 bits per heavy atom. The zero-order chi connectivity index (χ0) is 34.2. The summed E-state index contributed by atoms with van der Waals surface area (Å²) < 4.78 is 0. The molecule has 1 aliphatic heterocycles. The summed E-state index contributed by atoms with van der Waals surface area (Å²) in [5.41, 5.74) is 5.46. The number of nitrogens with two attached hydrogens (primary N) is 1. The molecule has 0 aromatic carbocycles. The first kappa shape index (κ1) is 38.6. The third-order valence-electron chi connectivity index (χ3n) is 7.70. The summed E-state index contributed by atoms with van der Waals surface area (Å²) >= 11 is 0. The normalized spacial score (nSPS) is 21.8. The minimum Gasteiger partial charge on any atom is -0.480 e. The molecule has 2 unspecified atom stereocenters. The predicted octanol–water partition coefficient (Wildman–Crippen LogP) is -5.16. The zero-order valence-electron chi connectivity index (χ0n) is 25.8. The number of carbonyl (C=O) groups excluding carboxylic acids is 3. The highest BCUT2D eigenvalue weighted by Crippen LogP contribution is 2.12. The van der Waals surface area contributed by atoms with E-state index in [2.05, 4.69) is 16.0 Å². The van der Waals surface area contributed by atoms with Crippen LogP contribution in [0.15, 0.2) is 0 Å². The predicted molar refractivity (Wildman–Crippen MR) is 160 cm³/mol. The molecule has 0 spiro atoms. The molecule has 0 aromatic heterocycles. The first-order valence-electron chi connectivity index (χ1n) is 15.1. The second-order valence-electron chi connectivity index (χ2n) is 11.3. The maximum atomic E-state index is 12.8. The van der Waals surface area contributed by atoms with Crippen LogP contribution in [0.2, 0.25) is 0 Å². The van der Waals surface area contributed by atoms with Gasteiger partial charge in [-0.3, -0.25) is 53.2 Å². The number of ketones is 2. The lowest BCUT2D eigenvalue weighted by molar-refractivity contribution is -0.147. The van der Waals surface area contributed by atoms with E-state index in [0.717, 1.165) is 0 Å². The van der Waals surface area contributed by atoms with Gasteiger partial charge in [0, 0.05) is 65.4 Å². The molecular formula is C27H46N8O11. The van der Waals surface area contributed by atoms with E-state index in [-0.39, 0.29) is 90.9 Å². The van der Waals surface area contributed by atoms with Crippen LogP contribution >= 0.6 is 0 Å². The van der Waals surface area contributed by atoms with Gasteiger partial charge in [-0.1, -0.05) is 0 Å². The summed E-state index contributed by atoms with van der Waals surface area (Å²) in [5, 5.41) is 45.4. The molecule has 9 N–H and O–H groups in total. The van der Waals surface area contributed by atoms with Gasteiger partial charge in [0.15, 0.2) is 0 Å². The quantitative estimate of drug-likeness (QED) is 0.0505. The van der Waals surface area contributed by atoms with Crippen molar-refractivity contribution < 1.29 is 54.0 Å². The number of rotatable bonds is 18. The first-order chi connectivity index (χ1) is 21.8. The number of aliphatic carboxylic acids is 4. The zero-order valence-corrected chi connectivity index (χ0v) is 25.8. The number of carbonyl (C=O) groups is 7. The molecule has 1 heterocycles. The van der Waals surface area contributed by atoms with Crippen molar-refractivity contribution >= 4 is 41.4 Å². The molecule has 0 bridgehead atoms. The highest BCUT2D eigenvalue weighted by molar-refractivity contribution is 6.49. The summed E-state index contributed by atoms with van der Waals surface area (Å²) in [6.07, 6.45) is 0.606. The SMILES string of the molecule is N[C@@H](CCCNC1C(=O)C(=O)C1NCCNC(=O)CN1CCN(CC(=O)O)CCN(CC(=O)O)CCN(CC(=O)O)CC1)C(=O)O. The molecule has 19 nitrogen and oxygen atoms in total.